The fraction of sp³-hybridized carbons (Fsp3) is 0.222. The van der Waals surface area contributed by atoms with E-state index >= 15 is 0 Å². The highest BCUT2D eigenvalue weighted by Crippen LogP contribution is 2.27. The Morgan fingerprint density at radius 2 is 2.15 bits per heavy atom. The summed E-state index contributed by atoms with van der Waals surface area (Å²) >= 11 is 6.83. The van der Waals surface area contributed by atoms with Crippen molar-refractivity contribution in [1.82, 2.24) is 0 Å². The molecule has 0 unspecified atom stereocenters. The molecule has 4 heteroatoms. The first-order valence-corrected chi connectivity index (χ1v) is 5.20. The number of benzene rings is 1. The molecule has 1 nitrogen and oxygen atoms in total. The van der Waals surface area contributed by atoms with Crippen molar-refractivity contribution in [1.29, 1.82) is 0 Å². The molecule has 0 aliphatic rings. The van der Waals surface area contributed by atoms with E-state index in [-0.39, 0.29) is 10.8 Å². The molecule has 0 aliphatic carbocycles. The molecule has 0 aromatic heterocycles. The SMILES string of the molecule is CSc1cc(C(C)=O)cc(Cl)c1F. The van der Waals surface area contributed by atoms with Crippen molar-refractivity contribution in [3.05, 3.63) is 28.5 Å². The summed E-state index contributed by atoms with van der Waals surface area (Å²) in [7, 11) is 0. The van der Waals surface area contributed by atoms with Crippen LogP contribution in [0.1, 0.15) is 17.3 Å². The van der Waals surface area contributed by atoms with E-state index < -0.39 is 5.82 Å². The van der Waals surface area contributed by atoms with Gasteiger partial charge in [0, 0.05) is 10.5 Å². The minimum atomic E-state index is -0.459. The topological polar surface area (TPSA) is 17.1 Å². The lowest BCUT2D eigenvalue weighted by Gasteiger charge is -2.03. The summed E-state index contributed by atoms with van der Waals surface area (Å²) in [5, 5.41) is -0.00273. The molecular weight excluding hydrogens is 211 g/mol. The first kappa shape index (κ1) is 10.5. The van der Waals surface area contributed by atoms with Gasteiger partial charge in [0.25, 0.3) is 0 Å². The highest BCUT2D eigenvalue weighted by Gasteiger charge is 2.10. The lowest BCUT2D eigenvalue weighted by molar-refractivity contribution is 0.101. The molecule has 0 N–H and O–H groups in total. The van der Waals surface area contributed by atoms with Gasteiger partial charge < -0.3 is 0 Å². The Morgan fingerprint density at radius 1 is 1.54 bits per heavy atom. The van der Waals surface area contributed by atoms with Crippen molar-refractivity contribution in [2.75, 3.05) is 6.26 Å². The summed E-state index contributed by atoms with van der Waals surface area (Å²) in [5.41, 5.74) is 0.441. The molecule has 0 atom stereocenters. The number of Topliss-reactive ketones (excluding diaryl/α,β-unsaturated/α-hetero) is 1. The number of halogens is 2. The number of carbonyl (C=O) groups is 1. The number of hydrogen-bond acceptors (Lipinski definition) is 2. The molecule has 0 bridgehead atoms. The molecule has 1 aromatic rings. The van der Waals surface area contributed by atoms with Gasteiger partial charge >= 0.3 is 0 Å². The Kier molecular flexibility index (Phi) is 3.33. The van der Waals surface area contributed by atoms with Gasteiger partial charge in [0.05, 0.1) is 5.02 Å². The van der Waals surface area contributed by atoms with Crippen LogP contribution in [0, 0.1) is 5.82 Å². The smallest absolute Gasteiger partial charge is 0.159 e. The van der Waals surface area contributed by atoms with E-state index in [9.17, 15) is 9.18 Å². The third-order valence-corrected chi connectivity index (χ3v) is 2.63. The van der Waals surface area contributed by atoms with Gasteiger partial charge in [-0.1, -0.05) is 11.6 Å². The van der Waals surface area contributed by atoms with Crippen LogP contribution < -0.4 is 0 Å². The zero-order valence-corrected chi connectivity index (χ0v) is 8.80. The first-order valence-electron chi connectivity index (χ1n) is 3.60. The van der Waals surface area contributed by atoms with Crippen LogP contribution in [0.2, 0.25) is 5.02 Å². The molecule has 1 aromatic carbocycles. The maximum atomic E-state index is 13.2. The molecular formula is C9H8ClFOS. The van der Waals surface area contributed by atoms with Crippen LogP contribution in [-0.2, 0) is 0 Å². The summed E-state index contributed by atoms with van der Waals surface area (Å²) in [5.74, 6) is -0.573. The summed E-state index contributed by atoms with van der Waals surface area (Å²) in [6.45, 7) is 1.42. The molecule has 1 rings (SSSR count). The van der Waals surface area contributed by atoms with Crippen molar-refractivity contribution >= 4 is 29.1 Å². The predicted octanol–water partition coefficient (Wildman–Crippen LogP) is 3.40. The molecule has 0 heterocycles. The maximum absolute atomic E-state index is 13.2. The number of carbonyl (C=O) groups excluding carboxylic acids is 1. The van der Waals surface area contributed by atoms with Gasteiger partial charge in [-0.2, -0.15) is 0 Å². The Morgan fingerprint density at radius 3 is 2.62 bits per heavy atom. The van der Waals surface area contributed by atoms with Gasteiger partial charge in [-0.3, -0.25) is 4.79 Å². The van der Waals surface area contributed by atoms with Crippen LogP contribution in [0.15, 0.2) is 17.0 Å². The zero-order valence-electron chi connectivity index (χ0n) is 7.23. The van der Waals surface area contributed by atoms with E-state index in [1.165, 1.54) is 30.8 Å². The molecule has 0 radical (unpaired) electrons. The van der Waals surface area contributed by atoms with Gasteiger partial charge in [0.15, 0.2) is 11.6 Å². The number of rotatable bonds is 2. The minimum Gasteiger partial charge on any atom is -0.295 e. The lowest BCUT2D eigenvalue weighted by Crippen LogP contribution is -1.94. The second-order valence-corrected chi connectivity index (χ2v) is 3.79. The molecule has 0 spiro atoms. The number of ketones is 1. The van der Waals surface area contributed by atoms with Crippen molar-refractivity contribution < 1.29 is 9.18 Å². The highest BCUT2D eigenvalue weighted by molar-refractivity contribution is 7.98. The standard InChI is InChI=1S/C9H8ClFOS/c1-5(12)6-3-7(10)9(11)8(4-6)13-2/h3-4H,1-2H3. The molecule has 13 heavy (non-hydrogen) atoms. The molecule has 0 saturated carbocycles. The second kappa shape index (κ2) is 4.11. The molecule has 0 amide bonds. The van der Waals surface area contributed by atoms with Crippen molar-refractivity contribution in [2.24, 2.45) is 0 Å². The Hall–Kier alpha value is -0.540. The highest BCUT2D eigenvalue weighted by atomic mass is 35.5. The molecule has 0 aliphatic heterocycles. The fourth-order valence-corrected chi connectivity index (χ4v) is 1.73. The Labute approximate surface area is 85.3 Å². The van der Waals surface area contributed by atoms with Crippen LogP contribution >= 0.6 is 23.4 Å². The normalized spacial score (nSPS) is 10.2. The van der Waals surface area contributed by atoms with Crippen LogP contribution in [0.4, 0.5) is 4.39 Å². The Bertz CT molecular complexity index is 352. The fourth-order valence-electron chi connectivity index (χ4n) is 0.916. The molecule has 70 valence electrons. The number of hydrogen-bond donors (Lipinski definition) is 0. The lowest BCUT2D eigenvalue weighted by atomic mass is 10.1. The van der Waals surface area contributed by atoms with E-state index in [0.29, 0.717) is 10.5 Å². The molecule has 0 saturated heterocycles. The van der Waals surface area contributed by atoms with Crippen molar-refractivity contribution in [2.45, 2.75) is 11.8 Å². The number of thioether (sulfide) groups is 1. The van der Waals surface area contributed by atoms with Crippen molar-refractivity contribution in [3.8, 4) is 0 Å². The van der Waals surface area contributed by atoms with Gasteiger partial charge in [-0.25, -0.2) is 4.39 Å². The zero-order chi connectivity index (χ0) is 10.0. The minimum absolute atomic E-state index is 0.00273. The largest absolute Gasteiger partial charge is 0.295 e. The maximum Gasteiger partial charge on any atom is 0.159 e. The van der Waals surface area contributed by atoms with Crippen LogP contribution in [-0.4, -0.2) is 12.0 Å². The van der Waals surface area contributed by atoms with Crippen LogP contribution in [0.3, 0.4) is 0 Å². The van der Waals surface area contributed by atoms with Gasteiger partial charge in [0.2, 0.25) is 0 Å². The van der Waals surface area contributed by atoms with Gasteiger partial charge in [-0.15, -0.1) is 11.8 Å². The van der Waals surface area contributed by atoms with Crippen LogP contribution in [0.25, 0.3) is 0 Å². The van der Waals surface area contributed by atoms with Crippen molar-refractivity contribution in [3.63, 3.8) is 0 Å². The summed E-state index contributed by atoms with van der Waals surface area (Å²) in [4.78, 5) is 11.4. The van der Waals surface area contributed by atoms with Gasteiger partial charge in [0.1, 0.15) is 0 Å². The predicted molar refractivity (Wildman–Crippen MR) is 53.2 cm³/mol. The summed E-state index contributed by atoms with van der Waals surface area (Å²) < 4.78 is 13.2. The third kappa shape index (κ3) is 2.23. The Balaban J connectivity index is 3.30. The monoisotopic (exact) mass is 218 g/mol. The second-order valence-electron chi connectivity index (χ2n) is 2.53. The first-order chi connectivity index (χ1) is 6.06. The van der Waals surface area contributed by atoms with E-state index in [1.807, 2.05) is 0 Å². The summed E-state index contributed by atoms with van der Waals surface area (Å²) in [6, 6.07) is 2.85. The quantitative estimate of drug-likeness (QED) is 0.559. The average Bonchev–Trinajstić information content (AvgIpc) is 2.09. The molecule has 0 fully saturated rings. The third-order valence-electron chi connectivity index (χ3n) is 1.62. The van der Waals surface area contributed by atoms with E-state index in [2.05, 4.69) is 0 Å². The van der Waals surface area contributed by atoms with E-state index in [4.69, 9.17) is 11.6 Å². The van der Waals surface area contributed by atoms with Gasteiger partial charge in [-0.05, 0) is 25.3 Å². The average molecular weight is 219 g/mol. The summed E-state index contributed by atoms with van der Waals surface area (Å²) in [6.07, 6.45) is 1.73. The van der Waals surface area contributed by atoms with Crippen LogP contribution in [0.5, 0.6) is 0 Å². The van der Waals surface area contributed by atoms with E-state index in [0.717, 1.165) is 0 Å². The van der Waals surface area contributed by atoms with E-state index in [1.54, 1.807) is 6.26 Å².